The fourth-order valence-electron chi connectivity index (χ4n) is 0.662. The van der Waals surface area contributed by atoms with E-state index < -0.39 is 30.4 Å². The summed E-state index contributed by atoms with van der Waals surface area (Å²) in [6, 6.07) is -5.41. The molecule has 0 saturated carbocycles. The Bertz CT molecular complexity index is 270. The van der Waals surface area contributed by atoms with Gasteiger partial charge in [-0.1, -0.05) is 6.92 Å². The summed E-state index contributed by atoms with van der Waals surface area (Å²) < 4.78 is 75.4. The standard InChI is InChI=1S/C6H8F6N2O2/c1-2-4(7,8)5(9,10)6(11,12)14-13-3(15)16/h13-14H,2H2,1H3,(H,15,16). The number of carbonyl (C=O) groups is 1. The Morgan fingerprint density at radius 2 is 1.62 bits per heavy atom. The Labute approximate surface area is 85.6 Å². The fraction of sp³-hybridized carbons (Fsp3) is 0.833. The molecule has 3 N–H and O–H groups in total. The van der Waals surface area contributed by atoms with Crippen LogP contribution in [0.3, 0.4) is 0 Å². The van der Waals surface area contributed by atoms with Gasteiger partial charge < -0.3 is 5.11 Å². The summed E-state index contributed by atoms with van der Waals surface area (Å²) >= 11 is 0. The molecule has 0 aliphatic rings. The van der Waals surface area contributed by atoms with Crippen LogP contribution in [0.15, 0.2) is 0 Å². The zero-order valence-electron chi connectivity index (χ0n) is 7.83. The average Bonchev–Trinajstić information content (AvgIpc) is 2.14. The number of hydrazine groups is 1. The van der Waals surface area contributed by atoms with Gasteiger partial charge in [-0.25, -0.2) is 4.79 Å². The van der Waals surface area contributed by atoms with Gasteiger partial charge in [0.05, 0.1) is 0 Å². The van der Waals surface area contributed by atoms with E-state index in [0.717, 1.165) is 0 Å². The summed E-state index contributed by atoms with van der Waals surface area (Å²) in [6.45, 7) is 0.592. The minimum Gasteiger partial charge on any atom is -0.464 e. The molecule has 0 aliphatic heterocycles. The van der Waals surface area contributed by atoms with Gasteiger partial charge >= 0.3 is 24.0 Å². The largest absolute Gasteiger partial charge is 0.464 e. The Hall–Kier alpha value is -1.19. The minimum atomic E-state index is -5.72. The van der Waals surface area contributed by atoms with E-state index in [1.165, 1.54) is 0 Å². The molecule has 0 aromatic carbocycles. The quantitative estimate of drug-likeness (QED) is 0.399. The third-order valence-electron chi connectivity index (χ3n) is 1.62. The van der Waals surface area contributed by atoms with E-state index in [1.54, 1.807) is 0 Å². The molecular weight excluding hydrogens is 246 g/mol. The SMILES string of the molecule is CCC(F)(F)C(F)(F)C(F)(F)NNC(=O)O. The highest BCUT2D eigenvalue weighted by molar-refractivity contribution is 5.63. The van der Waals surface area contributed by atoms with Gasteiger partial charge in [-0.3, -0.25) is 5.43 Å². The van der Waals surface area contributed by atoms with Crippen molar-refractivity contribution in [1.29, 1.82) is 0 Å². The molecule has 0 unspecified atom stereocenters. The van der Waals surface area contributed by atoms with Crippen molar-refractivity contribution in [3.63, 3.8) is 0 Å². The molecule has 0 aromatic rings. The first-order valence-corrected chi connectivity index (χ1v) is 3.87. The molecular formula is C6H8F6N2O2. The molecule has 0 aliphatic carbocycles. The van der Waals surface area contributed by atoms with Crippen LogP contribution in [0, 0.1) is 0 Å². The molecule has 96 valence electrons. The maximum atomic E-state index is 12.6. The fourth-order valence-corrected chi connectivity index (χ4v) is 0.662. The molecule has 0 rings (SSSR count). The monoisotopic (exact) mass is 254 g/mol. The summed E-state index contributed by atoms with van der Waals surface area (Å²) in [6.07, 6.45) is -3.64. The number of carboxylic acid groups (broad SMARTS) is 1. The normalized spacial score (nSPS) is 13.7. The zero-order chi connectivity index (χ0) is 13.2. The van der Waals surface area contributed by atoms with Crippen LogP contribution in [-0.4, -0.2) is 29.1 Å². The highest BCUT2D eigenvalue weighted by atomic mass is 19.3. The summed E-state index contributed by atoms with van der Waals surface area (Å²) in [5.74, 6) is -10.7. The van der Waals surface area contributed by atoms with Crippen LogP contribution in [0.1, 0.15) is 13.3 Å². The van der Waals surface area contributed by atoms with E-state index in [4.69, 9.17) is 5.11 Å². The van der Waals surface area contributed by atoms with Crippen molar-refractivity contribution in [2.24, 2.45) is 0 Å². The van der Waals surface area contributed by atoms with Crippen LogP contribution < -0.4 is 10.9 Å². The predicted molar refractivity (Wildman–Crippen MR) is 39.4 cm³/mol. The van der Waals surface area contributed by atoms with Crippen LogP contribution >= 0.6 is 0 Å². The molecule has 16 heavy (non-hydrogen) atoms. The van der Waals surface area contributed by atoms with Crippen molar-refractivity contribution in [1.82, 2.24) is 10.9 Å². The molecule has 0 heterocycles. The maximum Gasteiger partial charge on any atom is 0.419 e. The van der Waals surface area contributed by atoms with Crippen LogP contribution in [0.5, 0.6) is 0 Å². The van der Waals surface area contributed by atoms with Crippen molar-refractivity contribution in [2.45, 2.75) is 31.2 Å². The van der Waals surface area contributed by atoms with Crippen molar-refractivity contribution in [2.75, 3.05) is 0 Å². The summed E-state index contributed by atoms with van der Waals surface area (Å²) in [5, 5.41) is 7.86. The minimum absolute atomic E-state index is 0.326. The summed E-state index contributed by atoms with van der Waals surface area (Å²) in [7, 11) is 0. The lowest BCUT2D eigenvalue weighted by molar-refractivity contribution is -0.321. The number of hydrogen-bond donors (Lipinski definition) is 3. The smallest absolute Gasteiger partial charge is 0.419 e. The highest BCUT2D eigenvalue weighted by Gasteiger charge is 2.71. The summed E-state index contributed by atoms with van der Waals surface area (Å²) in [4.78, 5) is 9.75. The first-order chi connectivity index (χ1) is 6.98. The summed E-state index contributed by atoms with van der Waals surface area (Å²) in [5.41, 5.74) is 1.02. The average molecular weight is 254 g/mol. The first-order valence-electron chi connectivity index (χ1n) is 3.87. The topological polar surface area (TPSA) is 61.4 Å². The number of amides is 1. The Balaban J connectivity index is 4.90. The van der Waals surface area contributed by atoms with E-state index in [2.05, 4.69) is 0 Å². The van der Waals surface area contributed by atoms with E-state index >= 15 is 0 Å². The highest BCUT2D eigenvalue weighted by Crippen LogP contribution is 2.45. The molecule has 0 radical (unpaired) electrons. The van der Waals surface area contributed by atoms with Gasteiger partial charge in [0.1, 0.15) is 0 Å². The molecule has 0 atom stereocenters. The van der Waals surface area contributed by atoms with Gasteiger partial charge in [0, 0.05) is 6.42 Å². The van der Waals surface area contributed by atoms with E-state index in [0.29, 0.717) is 17.8 Å². The van der Waals surface area contributed by atoms with E-state index in [9.17, 15) is 31.1 Å². The maximum absolute atomic E-state index is 12.6. The Morgan fingerprint density at radius 3 is 1.94 bits per heavy atom. The molecule has 0 aromatic heterocycles. The van der Waals surface area contributed by atoms with Gasteiger partial charge in [0.25, 0.3) is 0 Å². The molecule has 1 amide bonds. The van der Waals surface area contributed by atoms with Crippen LogP contribution in [0.4, 0.5) is 31.1 Å². The van der Waals surface area contributed by atoms with Crippen molar-refractivity contribution < 1.29 is 36.2 Å². The molecule has 10 heteroatoms. The van der Waals surface area contributed by atoms with E-state index in [-0.39, 0.29) is 0 Å². The third-order valence-corrected chi connectivity index (χ3v) is 1.62. The second-order valence-corrected chi connectivity index (χ2v) is 2.76. The van der Waals surface area contributed by atoms with Gasteiger partial charge in [0.2, 0.25) is 0 Å². The molecule has 0 fully saturated rings. The van der Waals surface area contributed by atoms with Crippen molar-refractivity contribution >= 4 is 6.09 Å². The number of halogens is 6. The molecule has 0 spiro atoms. The van der Waals surface area contributed by atoms with Crippen LogP contribution in [0.25, 0.3) is 0 Å². The first kappa shape index (κ1) is 14.8. The van der Waals surface area contributed by atoms with Crippen LogP contribution in [-0.2, 0) is 0 Å². The number of rotatable bonds is 5. The molecule has 0 saturated heterocycles. The third kappa shape index (κ3) is 2.68. The second-order valence-electron chi connectivity index (χ2n) is 2.76. The van der Waals surface area contributed by atoms with E-state index in [1.807, 2.05) is 0 Å². The lowest BCUT2D eigenvalue weighted by Crippen LogP contribution is -2.64. The molecule has 4 nitrogen and oxygen atoms in total. The van der Waals surface area contributed by atoms with Crippen molar-refractivity contribution in [3.8, 4) is 0 Å². The molecule has 0 bridgehead atoms. The van der Waals surface area contributed by atoms with Crippen LogP contribution in [0.2, 0.25) is 0 Å². The number of alkyl halides is 6. The lowest BCUT2D eigenvalue weighted by atomic mass is 10.1. The van der Waals surface area contributed by atoms with Gasteiger partial charge in [-0.2, -0.15) is 31.8 Å². The number of hydrogen-bond acceptors (Lipinski definition) is 2. The Morgan fingerprint density at radius 1 is 1.19 bits per heavy atom. The Kier molecular flexibility index (Phi) is 4.03. The zero-order valence-corrected chi connectivity index (χ0v) is 7.83. The number of nitrogens with one attached hydrogen (secondary N) is 2. The predicted octanol–water partition coefficient (Wildman–Crippen LogP) is 2.03. The van der Waals surface area contributed by atoms with Gasteiger partial charge in [-0.05, 0) is 0 Å². The lowest BCUT2D eigenvalue weighted by Gasteiger charge is -2.32. The second kappa shape index (κ2) is 4.36. The van der Waals surface area contributed by atoms with Crippen molar-refractivity contribution in [3.05, 3.63) is 0 Å². The van der Waals surface area contributed by atoms with Gasteiger partial charge in [0.15, 0.2) is 0 Å². The van der Waals surface area contributed by atoms with Gasteiger partial charge in [-0.15, -0.1) is 0 Å².